The zero-order valence-corrected chi connectivity index (χ0v) is 15.7. The first-order valence-corrected chi connectivity index (χ1v) is 8.16. The lowest BCUT2D eigenvalue weighted by Crippen LogP contribution is -2.12. The molecule has 0 saturated carbocycles. The number of allylic oxidation sites excluding steroid dienone is 5. The molecule has 0 aliphatic heterocycles. The van der Waals surface area contributed by atoms with E-state index in [1.54, 1.807) is 18.2 Å². The Labute approximate surface area is 160 Å². The molecule has 0 aliphatic rings. The SMILES string of the molecule is C=C/C(=C\C=C(/C)F)Cc1cnc2c(O)c(C(=O)OC)nc(C(=O)OC)c2c1. The first-order chi connectivity index (χ1) is 13.3. The summed E-state index contributed by atoms with van der Waals surface area (Å²) in [5, 5.41) is 10.5. The molecule has 0 spiro atoms. The van der Waals surface area contributed by atoms with E-state index in [9.17, 15) is 19.1 Å². The van der Waals surface area contributed by atoms with E-state index in [1.807, 2.05) is 0 Å². The van der Waals surface area contributed by atoms with Crippen molar-refractivity contribution in [2.75, 3.05) is 14.2 Å². The van der Waals surface area contributed by atoms with Crippen molar-refractivity contribution in [3.8, 4) is 5.75 Å². The Morgan fingerprint density at radius 1 is 1.21 bits per heavy atom. The normalized spacial score (nSPS) is 12.0. The number of aromatic nitrogens is 2. The summed E-state index contributed by atoms with van der Waals surface area (Å²) in [5.74, 6) is -2.57. The van der Waals surface area contributed by atoms with Crippen LogP contribution in [0.5, 0.6) is 5.75 Å². The predicted molar refractivity (Wildman–Crippen MR) is 101 cm³/mol. The average molecular weight is 386 g/mol. The molecule has 0 aliphatic carbocycles. The van der Waals surface area contributed by atoms with Crippen molar-refractivity contribution in [3.63, 3.8) is 0 Å². The van der Waals surface area contributed by atoms with E-state index in [0.29, 0.717) is 17.6 Å². The number of hydrogen-bond donors (Lipinski definition) is 1. The van der Waals surface area contributed by atoms with Crippen molar-refractivity contribution in [3.05, 3.63) is 65.4 Å². The van der Waals surface area contributed by atoms with Gasteiger partial charge in [-0.1, -0.05) is 18.7 Å². The lowest BCUT2D eigenvalue weighted by atomic mass is 10.0. The largest absolute Gasteiger partial charge is 0.504 e. The Hall–Kier alpha value is -3.55. The number of pyridine rings is 2. The van der Waals surface area contributed by atoms with E-state index in [1.165, 1.54) is 26.3 Å². The van der Waals surface area contributed by atoms with E-state index in [-0.39, 0.29) is 22.4 Å². The van der Waals surface area contributed by atoms with Gasteiger partial charge < -0.3 is 14.6 Å². The van der Waals surface area contributed by atoms with Crippen LogP contribution >= 0.6 is 0 Å². The van der Waals surface area contributed by atoms with E-state index >= 15 is 0 Å². The van der Waals surface area contributed by atoms with Crippen molar-refractivity contribution < 1.29 is 28.6 Å². The molecule has 0 unspecified atom stereocenters. The van der Waals surface area contributed by atoms with Gasteiger partial charge in [0.1, 0.15) is 5.52 Å². The minimum Gasteiger partial charge on any atom is -0.504 e. The monoisotopic (exact) mass is 386 g/mol. The number of fused-ring (bicyclic) bond motifs is 1. The van der Waals surface area contributed by atoms with E-state index in [4.69, 9.17) is 4.74 Å². The van der Waals surface area contributed by atoms with Gasteiger partial charge in [0.25, 0.3) is 0 Å². The van der Waals surface area contributed by atoms with Crippen LogP contribution in [0.2, 0.25) is 0 Å². The minimum atomic E-state index is -0.916. The van der Waals surface area contributed by atoms with Gasteiger partial charge in [-0.25, -0.2) is 19.0 Å². The molecule has 0 amide bonds. The number of carbonyl (C=O) groups excluding carboxylic acids is 2. The highest BCUT2D eigenvalue weighted by molar-refractivity contribution is 6.07. The summed E-state index contributed by atoms with van der Waals surface area (Å²) < 4.78 is 22.2. The van der Waals surface area contributed by atoms with Crippen LogP contribution in [0.4, 0.5) is 4.39 Å². The summed E-state index contributed by atoms with van der Waals surface area (Å²) >= 11 is 0. The second-order valence-electron chi connectivity index (χ2n) is 5.76. The Kier molecular flexibility index (Phi) is 6.59. The lowest BCUT2D eigenvalue weighted by molar-refractivity contribution is 0.0585. The van der Waals surface area contributed by atoms with Crippen molar-refractivity contribution in [1.29, 1.82) is 0 Å². The van der Waals surface area contributed by atoms with Gasteiger partial charge in [-0.3, -0.25) is 4.98 Å². The molecule has 0 bridgehead atoms. The second kappa shape index (κ2) is 8.90. The summed E-state index contributed by atoms with van der Waals surface area (Å²) in [4.78, 5) is 32.1. The smallest absolute Gasteiger partial charge is 0.360 e. The highest BCUT2D eigenvalue weighted by atomic mass is 19.1. The summed E-state index contributed by atoms with van der Waals surface area (Å²) in [6.07, 6.45) is 6.26. The van der Waals surface area contributed by atoms with Crippen molar-refractivity contribution >= 4 is 22.8 Å². The highest BCUT2D eigenvalue weighted by Gasteiger charge is 2.24. The molecular formula is C20H19FN2O5. The number of carbonyl (C=O) groups is 2. The van der Waals surface area contributed by atoms with Crippen LogP contribution in [0.25, 0.3) is 10.9 Å². The van der Waals surface area contributed by atoms with Crippen LogP contribution in [0.1, 0.15) is 33.5 Å². The number of rotatable bonds is 6. The average Bonchev–Trinajstić information content (AvgIpc) is 2.70. The molecule has 0 atom stereocenters. The summed E-state index contributed by atoms with van der Waals surface area (Å²) in [6.45, 7) is 5.02. The number of methoxy groups -OCH3 is 2. The molecule has 2 rings (SSSR count). The summed E-state index contributed by atoms with van der Waals surface area (Å²) in [7, 11) is 2.29. The Morgan fingerprint density at radius 3 is 2.43 bits per heavy atom. The van der Waals surface area contributed by atoms with Gasteiger partial charge in [0.15, 0.2) is 17.1 Å². The first kappa shape index (κ1) is 20.8. The molecular weight excluding hydrogens is 367 g/mol. The summed E-state index contributed by atoms with van der Waals surface area (Å²) in [6, 6.07) is 1.59. The van der Waals surface area contributed by atoms with Gasteiger partial charge in [-0.2, -0.15) is 0 Å². The second-order valence-corrected chi connectivity index (χ2v) is 5.76. The van der Waals surface area contributed by atoms with Gasteiger partial charge >= 0.3 is 11.9 Å². The molecule has 1 N–H and O–H groups in total. The maximum absolute atomic E-state index is 12.9. The number of aromatic hydroxyl groups is 1. The van der Waals surface area contributed by atoms with E-state index < -0.39 is 23.4 Å². The van der Waals surface area contributed by atoms with E-state index in [2.05, 4.69) is 21.3 Å². The summed E-state index contributed by atoms with van der Waals surface area (Å²) in [5.41, 5.74) is 0.740. The van der Waals surface area contributed by atoms with Crippen molar-refractivity contribution in [2.24, 2.45) is 0 Å². The molecule has 8 heteroatoms. The zero-order chi connectivity index (χ0) is 20.8. The molecule has 0 saturated heterocycles. The Morgan fingerprint density at radius 2 is 1.86 bits per heavy atom. The number of hydrogen-bond acceptors (Lipinski definition) is 7. The molecule has 2 aromatic heterocycles. The van der Waals surface area contributed by atoms with Crippen LogP contribution in [0, 0.1) is 0 Å². The molecule has 146 valence electrons. The predicted octanol–water partition coefficient (Wildman–Crippen LogP) is 3.44. The van der Waals surface area contributed by atoms with E-state index in [0.717, 1.165) is 7.11 Å². The van der Waals surface area contributed by atoms with Gasteiger partial charge in [0.2, 0.25) is 0 Å². The third-order valence-corrected chi connectivity index (χ3v) is 3.83. The van der Waals surface area contributed by atoms with Crippen molar-refractivity contribution in [2.45, 2.75) is 13.3 Å². The molecule has 2 heterocycles. The van der Waals surface area contributed by atoms with Crippen LogP contribution < -0.4 is 0 Å². The van der Waals surface area contributed by atoms with Gasteiger partial charge in [0.05, 0.1) is 20.0 Å². The van der Waals surface area contributed by atoms with Crippen LogP contribution in [0.15, 0.2) is 48.5 Å². The van der Waals surface area contributed by atoms with Crippen LogP contribution in [-0.4, -0.2) is 41.2 Å². The maximum Gasteiger partial charge on any atom is 0.360 e. The highest BCUT2D eigenvalue weighted by Crippen LogP contribution is 2.30. The van der Waals surface area contributed by atoms with Gasteiger partial charge in [-0.15, -0.1) is 0 Å². The number of nitrogens with zero attached hydrogens (tertiary/aromatic N) is 2. The number of halogens is 1. The fourth-order valence-corrected chi connectivity index (χ4v) is 2.46. The molecule has 7 nitrogen and oxygen atoms in total. The quantitative estimate of drug-likeness (QED) is 0.600. The Balaban J connectivity index is 2.65. The third kappa shape index (κ3) is 4.40. The number of esters is 2. The van der Waals surface area contributed by atoms with Gasteiger partial charge in [0, 0.05) is 11.6 Å². The topological polar surface area (TPSA) is 98.6 Å². The van der Waals surface area contributed by atoms with Gasteiger partial charge in [-0.05, 0) is 36.6 Å². The lowest BCUT2D eigenvalue weighted by Gasteiger charge is -2.11. The molecule has 0 radical (unpaired) electrons. The fraction of sp³-hybridized carbons (Fsp3) is 0.200. The van der Waals surface area contributed by atoms with Crippen LogP contribution in [-0.2, 0) is 15.9 Å². The zero-order valence-electron chi connectivity index (χ0n) is 15.7. The molecule has 0 fully saturated rings. The molecule has 28 heavy (non-hydrogen) atoms. The fourth-order valence-electron chi connectivity index (χ4n) is 2.46. The number of ether oxygens (including phenoxy) is 2. The molecule has 0 aromatic carbocycles. The van der Waals surface area contributed by atoms with Crippen molar-refractivity contribution in [1.82, 2.24) is 9.97 Å². The third-order valence-electron chi connectivity index (χ3n) is 3.83. The standard InChI is InChI=1S/C20H19FN2O5/c1-5-12(7-6-11(2)21)8-13-9-14-15(22-10-13)18(24)17(20(26)28-4)23-16(14)19(25)27-3/h5-7,9-10,24H,1,8H2,2-4H3/b11-6+,12-7+. The molecule has 2 aromatic rings. The maximum atomic E-state index is 12.9. The first-order valence-electron chi connectivity index (χ1n) is 8.16. The van der Waals surface area contributed by atoms with Crippen LogP contribution in [0.3, 0.4) is 0 Å². The minimum absolute atomic E-state index is 0.00295. The Bertz CT molecular complexity index is 1010.